The van der Waals surface area contributed by atoms with Crippen LogP contribution in [-0.4, -0.2) is 19.3 Å². The Balaban J connectivity index is 2.44. The molecule has 0 radical (unpaired) electrons. The molecular weight excluding hydrogens is 328 g/mol. The third kappa shape index (κ3) is 2.94. The second kappa shape index (κ2) is 5.94. The van der Waals surface area contributed by atoms with Crippen molar-refractivity contribution in [1.29, 1.82) is 0 Å². The zero-order chi connectivity index (χ0) is 14.0. The van der Waals surface area contributed by atoms with Gasteiger partial charge in [0.2, 0.25) is 0 Å². The Morgan fingerprint density at radius 3 is 2.47 bits per heavy atom. The summed E-state index contributed by atoms with van der Waals surface area (Å²) < 4.78 is 11.5. The molecule has 0 saturated carbocycles. The van der Waals surface area contributed by atoms with Gasteiger partial charge in [-0.05, 0) is 47.1 Å². The van der Waals surface area contributed by atoms with Gasteiger partial charge in [-0.15, -0.1) is 11.3 Å². The molecule has 0 aliphatic carbocycles. The SMILES string of the molecule is COc1ccc(OC)c(C(O)c2cc(Br)c(C)s2)c1. The first-order valence-electron chi connectivity index (χ1n) is 5.72. The molecule has 0 amide bonds. The normalized spacial score (nSPS) is 12.3. The maximum absolute atomic E-state index is 10.5. The minimum Gasteiger partial charge on any atom is -0.497 e. The molecule has 1 heterocycles. The molecule has 0 fully saturated rings. The number of aryl methyl sites for hydroxylation is 1. The predicted octanol–water partition coefficient (Wildman–Crippen LogP) is 3.92. The summed E-state index contributed by atoms with van der Waals surface area (Å²) in [5, 5.41) is 10.5. The quantitative estimate of drug-likeness (QED) is 0.915. The van der Waals surface area contributed by atoms with E-state index in [1.54, 1.807) is 37.7 Å². The Labute approximate surface area is 124 Å². The molecule has 1 atom stereocenters. The lowest BCUT2D eigenvalue weighted by molar-refractivity contribution is 0.218. The number of hydrogen-bond acceptors (Lipinski definition) is 4. The molecule has 2 rings (SSSR count). The molecule has 1 aromatic heterocycles. The standard InChI is InChI=1S/C14H15BrO3S/c1-8-11(15)7-13(19-8)14(16)10-6-9(17-2)4-5-12(10)18-3/h4-7,14,16H,1-3H3. The molecule has 1 N–H and O–H groups in total. The van der Waals surface area contributed by atoms with Gasteiger partial charge in [-0.3, -0.25) is 0 Å². The van der Waals surface area contributed by atoms with Gasteiger partial charge in [0.05, 0.1) is 14.2 Å². The van der Waals surface area contributed by atoms with Crippen LogP contribution in [0.15, 0.2) is 28.7 Å². The Morgan fingerprint density at radius 1 is 1.21 bits per heavy atom. The van der Waals surface area contributed by atoms with Gasteiger partial charge in [0.25, 0.3) is 0 Å². The van der Waals surface area contributed by atoms with E-state index in [0.29, 0.717) is 17.1 Å². The number of aliphatic hydroxyl groups excluding tert-OH is 1. The first-order chi connectivity index (χ1) is 9.06. The van der Waals surface area contributed by atoms with Gasteiger partial charge >= 0.3 is 0 Å². The topological polar surface area (TPSA) is 38.7 Å². The summed E-state index contributed by atoms with van der Waals surface area (Å²) in [4.78, 5) is 2.01. The van der Waals surface area contributed by atoms with Gasteiger partial charge < -0.3 is 14.6 Å². The average molecular weight is 343 g/mol. The van der Waals surface area contributed by atoms with E-state index >= 15 is 0 Å². The molecule has 5 heteroatoms. The van der Waals surface area contributed by atoms with E-state index < -0.39 is 6.10 Å². The third-order valence-corrected chi connectivity index (χ3v) is 5.07. The first kappa shape index (κ1) is 14.4. The van der Waals surface area contributed by atoms with Crippen molar-refractivity contribution >= 4 is 27.3 Å². The summed E-state index contributed by atoms with van der Waals surface area (Å²) in [5.74, 6) is 1.35. The van der Waals surface area contributed by atoms with Crippen molar-refractivity contribution in [2.24, 2.45) is 0 Å². The van der Waals surface area contributed by atoms with Crippen molar-refractivity contribution in [2.45, 2.75) is 13.0 Å². The number of aliphatic hydroxyl groups is 1. The van der Waals surface area contributed by atoms with Crippen molar-refractivity contribution < 1.29 is 14.6 Å². The molecule has 0 saturated heterocycles. The van der Waals surface area contributed by atoms with Crippen LogP contribution in [0.3, 0.4) is 0 Å². The van der Waals surface area contributed by atoms with Crippen LogP contribution in [0.25, 0.3) is 0 Å². The first-order valence-corrected chi connectivity index (χ1v) is 7.33. The lowest BCUT2D eigenvalue weighted by Gasteiger charge is -2.14. The van der Waals surface area contributed by atoms with E-state index in [1.807, 2.05) is 19.1 Å². The van der Waals surface area contributed by atoms with Gasteiger partial charge in [-0.2, -0.15) is 0 Å². The minimum atomic E-state index is -0.722. The zero-order valence-corrected chi connectivity index (χ0v) is 13.3. The van der Waals surface area contributed by atoms with E-state index in [4.69, 9.17) is 9.47 Å². The Bertz CT molecular complexity index is 561. The van der Waals surface area contributed by atoms with Gasteiger partial charge in [0.1, 0.15) is 17.6 Å². The van der Waals surface area contributed by atoms with E-state index in [0.717, 1.165) is 14.2 Å². The van der Waals surface area contributed by atoms with Gasteiger partial charge in [0.15, 0.2) is 0 Å². The maximum Gasteiger partial charge on any atom is 0.125 e. The van der Waals surface area contributed by atoms with Crippen LogP contribution >= 0.6 is 27.3 Å². The molecule has 1 unspecified atom stereocenters. The fourth-order valence-electron chi connectivity index (χ4n) is 1.82. The number of methoxy groups -OCH3 is 2. The predicted molar refractivity (Wildman–Crippen MR) is 80.4 cm³/mol. The minimum absolute atomic E-state index is 0.649. The summed E-state index contributed by atoms with van der Waals surface area (Å²) in [6, 6.07) is 7.34. The number of benzene rings is 1. The summed E-state index contributed by atoms with van der Waals surface area (Å²) in [6.07, 6.45) is -0.722. The highest BCUT2D eigenvalue weighted by Crippen LogP contribution is 2.38. The monoisotopic (exact) mass is 342 g/mol. The van der Waals surface area contributed by atoms with Crippen LogP contribution in [0.5, 0.6) is 11.5 Å². The van der Waals surface area contributed by atoms with Gasteiger partial charge in [-0.25, -0.2) is 0 Å². The second-order valence-electron chi connectivity index (χ2n) is 4.06. The van der Waals surface area contributed by atoms with Gasteiger partial charge in [-0.1, -0.05) is 0 Å². The van der Waals surface area contributed by atoms with Crippen molar-refractivity contribution in [3.63, 3.8) is 0 Å². The average Bonchev–Trinajstić information content (AvgIpc) is 2.77. The van der Waals surface area contributed by atoms with Crippen LogP contribution in [-0.2, 0) is 0 Å². The van der Waals surface area contributed by atoms with Gasteiger partial charge in [0, 0.05) is 19.8 Å². The number of thiophene rings is 1. The van der Waals surface area contributed by atoms with Crippen LogP contribution in [0.1, 0.15) is 21.4 Å². The van der Waals surface area contributed by atoms with E-state index in [-0.39, 0.29) is 0 Å². The molecule has 0 bridgehead atoms. The highest BCUT2D eigenvalue weighted by molar-refractivity contribution is 9.10. The number of ether oxygens (including phenoxy) is 2. The van der Waals surface area contributed by atoms with E-state index in [2.05, 4.69) is 15.9 Å². The smallest absolute Gasteiger partial charge is 0.125 e. The summed E-state index contributed by atoms with van der Waals surface area (Å²) >= 11 is 5.02. The third-order valence-electron chi connectivity index (χ3n) is 2.88. The van der Waals surface area contributed by atoms with Crippen molar-refractivity contribution in [3.8, 4) is 11.5 Å². The largest absolute Gasteiger partial charge is 0.497 e. The van der Waals surface area contributed by atoms with Crippen LogP contribution in [0.2, 0.25) is 0 Å². The number of rotatable bonds is 4. The Hall–Kier alpha value is -1.04. The lowest BCUT2D eigenvalue weighted by atomic mass is 10.1. The highest BCUT2D eigenvalue weighted by atomic mass is 79.9. The number of halogens is 1. The summed E-state index contributed by atoms with van der Waals surface area (Å²) in [6.45, 7) is 2.01. The highest BCUT2D eigenvalue weighted by Gasteiger charge is 2.19. The van der Waals surface area contributed by atoms with Crippen molar-refractivity contribution in [1.82, 2.24) is 0 Å². The number of hydrogen-bond donors (Lipinski definition) is 1. The van der Waals surface area contributed by atoms with Crippen molar-refractivity contribution in [3.05, 3.63) is 44.1 Å². The Kier molecular flexibility index (Phi) is 4.50. The fourth-order valence-corrected chi connectivity index (χ4v) is 3.39. The summed E-state index contributed by atoms with van der Waals surface area (Å²) in [5.41, 5.74) is 0.704. The summed E-state index contributed by atoms with van der Waals surface area (Å²) in [7, 11) is 3.19. The van der Waals surface area contributed by atoms with E-state index in [1.165, 1.54) is 0 Å². The maximum atomic E-state index is 10.5. The van der Waals surface area contributed by atoms with E-state index in [9.17, 15) is 5.11 Å². The molecule has 0 aliphatic rings. The molecule has 19 heavy (non-hydrogen) atoms. The Morgan fingerprint density at radius 2 is 1.95 bits per heavy atom. The van der Waals surface area contributed by atoms with Crippen molar-refractivity contribution in [2.75, 3.05) is 14.2 Å². The lowest BCUT2D eigenvalue weighted by Crippen LogP contribution is -2.01. The molecule has 2 aromatic rings. The second-order valence-corrected chi connectivity index (χ2v) is 6.21. The molecular formula is C14H15BrO3S. The van der Waals surface area contributed by atoms with Crippen LogP contribution in [0.4, 0.5) is 0 Å². The molecule has 102 valence electrons. The molecule has 1 aromatic carbocycles. The van der Waals surface area contributed by atoms with Crippen LogP contribution < -0.4 is 9.47 Å². The molecule has 0 aliphatic heterocycles. The zero-order valence-electron chi connectivity index (χ0n) is 10.9. The molecule has 0 spiro atoms. The molecule has 3 nitrogen and oxygen atoms in total. The van der Waals surface area contributed by atoms with Crippen LogP contribution in [0, 0.1) is 6.92 Å². The fraction of sp³-hybridized carbons (Fsp3) is 0.286.